The van der Waals surface area contributed by atoms with E-state index in [4.69, 9.17) is 0 Å². The summed E-state index contributed by atoms with van der Waals surface area (Å²) in [6.07, 6.45) is 3.64. The van der Waals surface area contributed by atoms with Crippen LogP contribution in [0, 0.1) is 5.92 Å². The fourth-order valence-electron chi connectivity index (χ4n) is 2.79. The Hall–Kier alpha value is -1.06. The molecule has 3 atom stereocenters. The molecule has 2 amide bonds. The molecule has 1 aliphatic heterocycles. The zero-order chi connectivity index (χ0) is 13.5. The number of piperazine rings is 1. The lowest BCUT2D eigenvalue weighted by Gasteiger charge is -2.44. The van der Waals surface area contributed by atoms with Gasteiger partial charge in [-0.15, -0.1) is 0 Å². The van der Waals surface area contributed by atoms with Crippen LogP contribution in [0.4, 0.5) is 0 Å². The Morgan fingerprint density at radius 3 is 2.44 bits per heavy atom. The van der Waals surface area contributed by atoms with E-state index in [0.717, 1.165) is 19.3 Å². The third-order valence-corrected chi connectivity index (χ3v) is 4.57. The van der Waals surface area contributed by atoms with E-state index in [9.17, 15) is 9.59 Å². The molecule has 1 N–H and O–H groups in total. The molecule has 0 bridgehead atoms. The molecule has 0 radical (unpaired) electrons. The van der Waals surface area contributed by atoms with Gasteiger partial charge in [-0.1, -0.05) is 27.2 Å². The van der Waals surface area contributed by atoms with Crippen molar-refractivity contribution in [3.8, 4) is 0 Å². The number of rotatable bonds is 4. The van der Waals surface area contributed by atoms with Crippen molar-refractivity contribution in [1.29, 1.82) is 0 Å². The highest BCUT2D eigenvalue weighted by Gasteiger charge is 2.54. The maximum atomic E-state index is 12.6. The zero-order valence-electron chi connectivity index (χ0n) is 11.8. The van der Waals surface area contributed by atoms with Gasteiger partial charge in [0, 0.05) is 5.54 Å². The minimum atomic E-state index is -0.331. The van der Waals surface area contributed by atoms with Crippen LogP contribution in [-0.2, 0) is 9.59 Å². The van der Waals surface area contributed by atoms with Crippen molar-refractivity contribution in [3.63, 3.8) is 0 Å². The Labute approximate surface area is 109 Å². The lowest BCUT2D eigenvalue weighted by molar-refractivity contribution is -0.154. The Morgan fingerprint density at radius 2 is 2.00 bits per heavy atom. The molecule has 1 saturated heterocycles. The number of carbonyl (C=O) groups is 2. The molecule has 1 heterocycles. The Kier molecular flexibility index (Phi) is 3.39. The lowest BCUT2D eigenvalue weighted by atomic mass is 9.92. The Balaban J connectivity index is 2.27. The van der Waals surface area contributed by atoms with Crippen molar-refractivity contribution in [3.05, 3.63) is 0 Å². The molecule has 0 spiro atoms. The standard InChI is InChI=1S/C14H24N2O2/c1-5-9(3)11-13(18)16(14(4)7-8-14)10(6-2)12(17)15-11/h9-11H,5-8H2,1-4H3,(H,15,17). The quantitative estimate of drug-likeness (QED) is 0.827. The number of nitrogens with one attached hydrogen (secondary N) is 1. The van der Waals surface area contributed by atoms with Gasteiger partial charge in [0.15, 0.2) is 0 Å². The second-order valence-electron chi connectivity index (χ2n) is 6.00. The van der Waals surface area contributed by atoms with Gasteiger partial charge in [-0.3, -0.25) is 9.59 Å². The van der Waals surface area contributed by atoms with E-state index in [2.05, 4.69) is 19.2 Å². The summed E-state index contributed by atoms with van der Waals surface area (Å²) in [7, 11) is 0. The first kappa shape index (κ1) is 13.4. The third kappa shape index (κ3) is 2.02. The summed E-state index contributed by atoms with van der Waals surface area (Å²) < 4.78 is 0. The molecule has 3 unspecified atom stereocenters. The van der Waals surface area contributed by atoms with Gasteiger partial charge in [0.05, 0.1) is 0 Å². The molecule has 0 aromatic rings. The molecule has 18 heavy (non-hydrogen) atoms. The summed E-state index contributed by atoms with van der Waals surface area (Å²) in [6.45, 7) is 8.15. The molecule has 1 saturated carbocycles. The van der Waals surface area contributed by atoms with Crippen molar-refractivity contribution in [2.75, 3.05) is 0 Å². The predicted octanol–water partition coefficient (Wildman–Crippen LogP) is 1.69. The molecule has 1 aliphatic carbocycles. The minimum absolute atomic E-state index is 0.0236. The topological polar surface area (TPSA) is 49.4 Å². The largest absolute Gasteiger partial charge is 0.342 e. The second kappa shape index (κ2) is 4.56. The van der Waals surface area contributed by atoms with Crippen LogP contribution in [0.2, 0.25) is 0 Å². The van der Waals surface area contributed by atoms with Gasteiger partial charge in [-0.2, -0.15) is 0 Å². The Morgan fingerprint density at radius 1 is 1.39 bits per heavy atom. The van der Waals surface area contributed by atoms with Crippen molar-refractivity contribution < 1.29 is 9.59 Å². The number of nitrogens with zero attached hydrogens (tertiary/aromatic N) is 1. The van der Waals surface area contributed by atoms with Crippen molar-refractivity contribution in [2.24, 2.45) is 5.92 Å². The summed E-state index contributed by atoms with van der Waals surface area (Å²) in [5, 5.41) is 2.92. The number of amides is 2. The van der Waals surface area contributed by atoms with Gasteiger partial charge >= 0.3 is 0 Å². The zero-order valence-corrected chi connectivity index (χ0v) is 11.8. The van der Waals surface area contributed by atoms with Crippen molar-refractivity contribution in [2.45, 2.75) is 71.0 Å². The number of hydrogen-bond acceptors (Lipinski definition) is 2. The van der Waals surface area contributed by atoms with E-state index in [1.54, 1.807) is 0 Å². The molecular weight excluding hydrogens is 228 g/mol. The smallest absolute Gasteiger partial charge is 0.246 e. The molecule has 2 aliphatic rings. The highest BCUT2D eigenvalue weighted by Crippen LogP contribution is 2.44. The molecule has 2 fully saturated rings. The number of carbonyl (C=O) groups excluding carboxylic acids is 2. The first-order valence-electron chi connectivity index (χ1n) is 7.08. The predicted molar refractivity (Wildman–Crippen MR) is 69.9 cm³/mol. The summed E-state index contributed by atoms with van der Waals surface area (Å²) in [6, 6.07) is -0.604. The van der Waals surface area contributed by atoms with Crippen LogP contribution >= 0.6 is 0 Å². The molecule has 0 aromatic heterocycles. The average molecular weight is 252 g/mol. The van der Waals surface area contributed by atoms with Gasteiger partial charge in [-0.25, -0.2) is 0 Å². The fourth-order valence-corrected chi connectivity index (χ4v) is 2.79. The maximum absolute atomic E-state index is 12.6. The molecule has 0 aromatic carbocycles. The highest BCUT2D eigenvalue weighted by atomic mass is 16.2. The second-order valence-corrected chi connectivity index (χ2v) is 6.00. The average Bonchev–Trinajstić information content (AvgIpc) is 3.08. The van der Waals surface area contributed by atoms with Gasteiger partial charge < -0.3 is 10.2 Å². The van der Waals surface area contributed by atoms with Crippen molar-refractivity contribution >= 4 is 11.8 Å². The molecule has 4 heteroatoms. The molecule has 4 nitrogen and oxygen atoms in total. The van der Waals surface area contributed by atoms with Gasteiger partial charge in [0.1, 0.15) is 12.1 Å². The van der Waals surface area contributed by atoms with E-state index in [1.807, 2.05) is 18.7 Å². The van der Waals surface area contributed by atoms with E-state index in [0.29, 0.717) is 6.42 Å². The van der Waals surface area contributed by atoms with E-state index in [1.165, 1.54) is 0 Å². The molecular formula is C14H24N2O2. The summed E-state index contributed by atoms with van der Waals surface area (Å²) in [5.41, 5.74) is -0.0682. The number of hydrogen-bond donors (Lipinski definition) is 1. The molecule has 102 valence electrons. The minimum Gasteiger partial charge on any atom is -0.342 e. The van der Waals surface area contributed by atoms with Gasteiger partial charge in [0.25, 0.3) is 0 Å². The van der Waals surface area contributed by atoms with Crippen LogP contribution in [0.25, 0.3) is 0 Å². The third-order valence-electron chi connectivity index (χ3n) is 4.57. The van der Waals surface area contributed by atoms with E-state index < -0.39 is 0 Å². The Bertz CT molecular complexity index is 363. The monoisotopic (exact) mass is 252 g/mol. The maximum Gasteiger partial charge on any atom is 0.246 e. The van der Waals surface area contributed by atoms with Crippen LogP contribution in [0.3, 0.4) is 0 Å². The summed E-state index contributed by atoms with van der Waals surface area (Å²) in [5.74, 6) is 0.343. The van der Waals surface area contributed by atoms with Crippen LogP contribution in [0.1, 0.15) is 53.4 Å². The summed E-state index contributed by atoms with van der Waals surface area (Å²) >= 11 is 0. The van der Waals surface area contributed by atoms with E-state index in [-0.39, 0.29) is 35.4 Å². The van der Waals surface area contributed by atoms with Gasteiger partial charge in [0.2, 0.25) is 11.8 Å². The lowest BCUT2D eigenvalue weighted by Crippen LogP contribution is -2.67. The highest BCUT2D eigenvalue weighted by molar-refractivity contribution is 5.97. The van der Waals surface area contributed by atoms with Crippen LogP contribution in [-0.4, -0.2) is 34.3 Å². The normalized spacial score (nSPS) is 32.1. The first-order chi connectivity index (χ1) is 8.44. The van der Waals surface area contributed by atoms with Crippen LogP contribution in [0.15, 0.2) is 0 Å². The fraction of sp³-hybridized carbons (Fsp3) is 0.857. The van der Waals surface area contributed by atoms with Gasteiger partial charge in [-0.05, 0) is 32.1 Å². The SMILES string of the molecule is CCC(C)C1NC(=O)C(CC)N(C2(C)CC2)C1=O. The van der Waals surface area contributed by atoms with Crippen molar-refractivity contribution in [1.82, 2.24) is 10.2 Å². The van der Waals surface area contributed by atoms with E-state index >= 15 is 0 Å². The van der Waals surface area contributed by atoms with Crippen LogP contribution < -0.4 is 5.32 Å². The first-order valence-corrected chi connectivity index (χ1v) is 7.08. The summed E-state index contributed by atoms with van der Waals surface area (Å²) in [4.78, 5) is 26.7. The molecule has 2 rings (SSSR count). The van der Waals surface area contributed by atoms with Crippen LogP contribution in [0.5, 0.6) is 0 Å².